The Morgan fingerprint density at radius 1 is 1.08 bits per heavy atom. The summed E-state index contributed by atoms with van der Waals surface area (Å²) in [7, 11) is 0. The summed E-state index contributed by atoms with van der Waals surface area (Å²) in [4.78, 5) is 0. The second kappa shape index (κ2) is 4.88. The lowest BCUT2D eigenvalue weighted by molar-refractivity contribution is 0.875. The molecule has 0 spiro atoms. The van der Waals surface area contributed by atoms with Crippen molar-refractivity contribution in [3.05, 3.63) is 61.2 Å². The van der Waals surface area contributed by atoms with Crippen molar-refractivity contribution in [2.45, 2.75) is 11.3 Å². The molecule has 0 heterocycles. The minimum absolute atomic E-state index is 0.0834. The summed E-state index contributed by atoms with van der Waals surface area (Å²) in [6.45, 7) is 7.45. The van der Waals surface area contributed by atoms with Gasteiger partial charge in [0.25, 0.3) is 0 Å². The third-order valence-corrected chi connectivity index (χ3v) is 2.46. The monoisotopic (exact) mass is 192 g/mol. The number of benzene rings is 1. The lowest BCUT2D eigenvalue weighted by Gasteiger charge is -2.15. The fourth-order valence-corrected chi connectivity index (χ4v) is 1.52. The first-order valence-electron chi connectivity index (χ1n) is 4.23. The van der Waals surface area contributed by atoms with Crippen LogP contribution in [0.3, 0.4) is 0 Å². The molecule has 0 saturated carbocycles. The van der Waals surface area contributed by atoms with E-state index >= 15 is 0 Å². The van der Waals surface area contributed by atoms with Gasteiger partial charge in [-0.1, -0.05) is 42.5 Å². The molecule has 0 aliphatic carbocycles. The summed E-state index contributed by atoms with van der Waals surface area (Å²) in [5.41, 5.74) is 1.18. The molecule has 1 aromatic rings. The number of alkyl halides is 1. The molecule has 0 amide bonds. The molecule has 2 atom stereocenters. The smallest absolute Gasteiger partial charge is 0.0616 e. The van der Waals surface area contributed by atoms with Crippen LogP contribution in [0.25, 0.3) is 0 Å². The van der Waals surface area contributed by atoms with Crippen LogP contribution in [0.4, 0.5) is 0 Å². The van der Waals surface area contributed by atoms with E-state index in [0.717, 1.165) is 0 Å². The van der Waals surface area contributed by atoms with Gasteiger partial charge in [-0.2, -0.15) is 0 Å². The number of hydrogen-bond acceptors (Lipinski definition) is 0. The highest BCUT2D eigenvalue weighted by Crippen LogP contribution is 2.25. The van der Waals surface area contributed by atoms with Crippen LogP contribution in [0, 0.1) is 0 Å². The van der Waals surface area contributed by atoms with Crippen LogP contribution < -0.4 is 0 Å². The van der Waals surface area contributed by atoms with Gasteiger partial charge >= 0.3 is 0 Å². The third-order valence-electron chi connectivity index (χ3n) is 2.01. The van der Waals surface area contributed by atoms with Gasteiger partial charge in [-0.3, -0.25) is 0 Å². The molecule has 0 aliphatic rings. The van der Waals surface area contributed by atoms with Gasteiger partial charge in [0, 0.05) is 5.92 Å². The predicted octanol–water partition coefficient (Wildman–Crippen LogP) is 3.75. The first kappa shape index (κ1) is 10.1. The van der Waals surface area contributed by atoms with E-state index in [1.54, 1.807) is 6.08 Å². The highest BCUT2D eigenvalue weighted by molar-refractivity contribution is 6.22. The molecule has 68 valence electrons. The zero-order chi connectivity index (χ0) is 9.68. The molecular formula is C12H13Cl. The van der Waals surface area contributed by atoms with Gasteiger partial charge in [-0.05, 0) is 5.56 Å². The summed E-state index contributed by atoms with van der Waals surface area (Å²) in [5, 5.41) is -0.0834. The van der Waals surface area contributed by atoms with Crippen molar-refractivity contribution in [1.29, 1.82) is 0 Å². The van der Waals surface area contributed by atoms with Crippen molar-refractivity contribution in [1.82, 2.24) is 0 Å². The normalized spacial score (nSPS) is 14.5. The average molecular weight is 193 g/mol. The molecular weight excluding hydrogens is 180 g/mol. The van der Waals surface area contributed by atoms with Crippen LogP contribution in [0.15, 0.2) is 55.6 Å². The van der Waals surface area contributed by atoms with Crippen LogP contribution in [0.1, 0.15) is 11.5 Å². The Morgan fingerprint density at radius 2 is 1.69 bits per heavy atom. The highest BCUT2D eigenvalue weighted by atomic mass is 35.5. The van der Waals surface area contributed by atoms with Gasteiger partial charge in [0.2, 0.25) is 0 Å². The zero-order valence-electron chi connectivity index (χ0n) is 7.49. The minimum atomic E-state index is -0.0834. The van der Waals surface area contributed by atoms with E-state index < -0.39 is 0 Å². The Morgan fingerprint density at radius 3 is 2.15 bits per heavy atom. The standard InChI is InChI=1S/C12H13Cl/c1-3-11(12(13)4-2)10-8-6-5-7-9-10/h3-9,11-12H,1-2H2. The summed E-state index contributed by atoms with van der Waals surface area (Å²) in [6, 6.07) is 10.1. The van der Waals surface area contributed by atoms with E-state index in [2.05, 4.69) is 13.2 Å². The van der Waals surface area contributed by atoms with Crippen molar-refractivity contribution in [2.75, 3.05) is 0 Å². The molecule has 1 rings (SSSR count). The fraction of sp³-hybridized carbons (Fsp3) is 0.167. The van der Waals surface area contributed by atoms with Gasteiger partial charge in [-0.25, -0.2) is 0 Å². The zero-order valence-corrected chi connectivity index (χ0v) is 8.24. The predicted molar refractivity (Wildman–Crippen MR) is 59.2 cm³/mol. The second-order valence-corrected chi connectivity index (χ2v) is 3.36. The molecule has 0 aliphatic heterocycles. The molecule has 0 aromatic heterocycles. The topological polar surface area (TPSA) is 0 Å². The maximum atomic E-state index is 6.08. The first-order valence-corrected chi connectivity index (χ1v) is 4.67. The second-order valence-electron chi connectivity index (χ2n) is 2.85. The van der Waals surface area contributed by atoms with Gasteiger partial charge in [0.15, 0.2) is 0 Å². The van der Waals surface area contributed by atoms with E-state index in [1.165, 1.54) is 5.56 Å². The molecule has 1 aromatic carbocycles. The van der Waals surface area contributed by atoms with E-state index in [9.17, 15) is 0 Å². The number of allylic oxidation sites excluding steroid dienone is 2. The Labute approximate surface area is 84.5 Å². The Hall–Kier alpha value is -1.01. The lowest BCUT2D eigenvalue weighted by atomic mass is 9.96. The van der Waals surface area contributed by atoms with Gasteiger partial charge in [-0.15, -0.1) is 24.8 Å². The van der Waals surface area contributed by atoms with Crippen LogP contribution in [0.5, 0.6) is 0 Å². The Balaban J connectivity index is 2.90. The molecule has 0 fully saturated rings. The van der Waals surface area contributed by atoms with E-state index in [1.807, 2.05) is 36.4 Å². The van der Waals surface area contributed by atoms with Crippen LogP contribution in [0.2, 0.25) is 0 Å². The van der Waals surface area contributed by atoms with Crippen molar-refractivity contribution in [3.8, 4) is 0 Å². The Bertz CT molecular complexity index is 276. The quantitative estimate of drug-likeness (QED) is 0.504. The van der Waals surface area contributed by atoms with E-state index in [4.69, 9.17) is 11.6 Å². The SMILES string of the molecule is C=CC(Cl)C(C=C)c1ccccc1. The fourth-order valence-electron chi connectivity index (χ4n) is 1.27. The summed E-state index contributed by atoms with van der Waals surface area (Å²) >= 11 is 6.08. The number of halogens is 1. The maximum absolute atomic E-state index is 6.08. The van der Waals surface area contributed by atoms with Gasteiger partial charge in [0.05, 0.1) is 5.38 Å². The van der Waals surface area contributed by atoms with Gasteiger partial charge in [0.1, 0.15) is 0 Å². The van der Waals surface area contributed by atoms with Crippen molar-refractivity contribution in [2.24, 2.45) is 0 Å². The highest BCUT2D eigenvalue weighted by Gasteiger charge is 2.13. The molecule has 0 bridgehead atoms. The minimum Gasteiger partial charge on any atom is -0.117 e. The van der Waals surface area contributed by atoms with E-state index in [0.29, 0.717) is 0 Å². The molecule has 0 N–H and O–H groups in total. The average Bonchev–Trinajstić information content (AvgIpc) is 2.20. The third kappa shape index (κ3) is 2.46. The van der Waals surface area contributed by atoms with Gasteiger partial charge < -0.3 is 0 Å². The van der Waals surface area contributed by atoms with Crippen molar-refractivity contribution < 1.29 is 0 Å². The Kier molecular flexibility index (Phi) is 3.78. The first-order chi connectivity index (χ1) is 6.29. The largest absolute Gasteiger partial charge is 0.117 e. The molecule has 0 nitrogen and oxygen atoms in total. The molecule has 1 heteroatoms. The lowest BCUT2D eigenvalue weighted by Crippen LogP contribution is -2.06. The summed E-state index contributed by atoms with van der Waals surface area (Å²) in [6.07, 6.45) is 3.59. The van der Waals surface area contributed by atoms with Crippen LogP contribution >= 0.6 is 11.6 Å². The summed E-state index contributed by atoms with van der Waals surface area (Å²) in [5.74, 6) is 0.153. The summed E-state index contributed by atoms with van der Waals surface area (Å²) < 4.78 is 0. The molecule has 13 heavy (non-hydrogen) atoms. The number of rotatable bonds is 4. The number of hydrogen-bond donors (Lipinski definition) is 0. The maximum Gasteiger partial charge on any atom is 0.0616 e. The van der Waals surface area contributed by atoms with Crippen molar-refractivity contribution >= 4 is 11.6 Å². The van der Waals surface area contributed by atoms with E-state index in [-0.39, 0.29) is 11.3 Å². The van der Waals surface area contributed by atoms with Crippen molar-refractivity contribution in [3.63, 3.8) is 0 Å². The molecule has 0 saturated heterocycles. The van der Waals surface area contributed by atoms with Crippen LogP contribution in [-0.2, 0) is 0 Å². The molecule has 0 radical (unpaired) electrons. The van der Waals surface area contributed by atoms with Crippen LogP contribution in [-0.4, -0.2) is 5.38 Å². The molecule has 2 unspecified atom stereocenters.